The normalized spacial score (nSPS) is 15.7. The van der Waals surface area contributed by atoms with Crippen LogP contribution in [-0.4, -0.2) is 60.1 Å². The van der Waals surface area contributed by atoms with E-state index in [0.29, 0.717) is 13.1 Å². The molecule has 1 aromatic carbocycles. The minimum absolute atomic E-state index is 0.254. The van der Waals surface area contributed by atoms with Crippen molar-refractivity contribution in [3.05, 3.63) is 18.2 Å². The van der Waals surface area contributed by atoms with Gasteiger partial charge in [-0.15, -0.1) is 0 Å². The molecule has 0 atom stereocenters. The summed E-state index contributed by atoms with van der Waals surface area (Å²) in [7, 11) is 1.65. The van der Waals surface area contributed by atoms with Crippen molar-refractivity contribution in [2.75, 3.05) is 38.2 Å². The van der Waals surface area contributed by atoms with E-state index in [4.69, 9.17) is 9.47 Å². The van der Waals surface area contributed by atoms with Crippen LogP contribution in [-0.2, 0) is 4.74 Å². The van der Waals surface area contributed by atoms with Gasteiger partial charge in [-0.05, 0) is 39.0 Å². The lowest BCUT2D eigenvalue weighted by Gasteiger charge is -2.35. The van der Waals surface area contributed by atoms with E-state index in [1.165, 1.54) is 0 Å². The van der Waals surface area contributed by atoms with E-state index in [-0.39, 0.29) is 6.09 Å². The van der Waals surface area contributed by atoms with E-state index in [1.54, 1.807) is 12.0 Å². The molecule has 0 saturated carbocycles. The zero-order chi connectivity index (χ0) is 17.3. The van der Waals surface area contributed by atoms with Crippen LogP contribution in [0.3, 0.4) is 0 Å². The van der Waals surface area contributed by atoms with Crippen LogP contribution in [0, 0.1) is 0 Å². The summed E-state index contributed by atoms with van der Waals surface area (Å²) in [6, 6.07) is 5.85. The number of aromatic amines is 1. The van der Waals surface area contributed by atoms with Crippen molar-refractivity contribution in [2.45, 2.75) is 26.4 Å². The van der Waals surface area contributed by atoms with Crippen molar-refractivity contribution < 1.29 is 14.3 Å². The average molecular weight is 332 g/mol. The molecule has 1 fully saturated rings. The molecular weight excluding hydrogens is 308 g/mol. The van der Waals surface area contributed by atoms with Crippen LogP contribution in [0.4, 0.5) is 10.6 Å². The number of benzene rings is 1. The Morgan fingerprint density at radius 3 is 2.54 bits per heavy atom. The minimum Gasteiger partial charge on any atom is -0.497 e. The van der Waals surface area contributed by atoms with E-state index in [2.05, 4.69) is 15.1 Å². The molecular formula is C17H24N4O3. The van der Waals surface area contributed by atoms with Crippen LogP contribution in [0.25, 0.3) is 10.9 Å². The Balaban J connectivity index is 1.70. The Hall–Kier alpha value is -2.44. The molecule has 24 heavy (non-hydrogen) atoms. The smallest absolute Gasteiger partial charge is 0.410 e. The number of carbonyl (C=O) groups excluding carboxylic acids is 1. The molecule has 1 aliphatic heterocycles. The summed E-state index contributed by atoms with van der Waals surface area (Å²) in [4.78, 5) is 16.1. The van der Waals surface area contributed by atoms with E-state index >= 15 is 0 Å². The molecule has 1 amide bonds. The van der Waals surface area contributed by atoms with E-state index in [9.17, 15) is 4.79 Å². The number of carbonyl (C=O) groups is 1. The fourth-order valence-electron chi connectivity index (χ4n) is 2.77. The largest absolute Gasteiger partial charge is 0.497 e. The fraction of sp³-hybridized carbons (Fsp3) is 0.529. The quantitative estimate of drug-likeness (QED) is 0.915. The number of H-pyrrole nitrogens is 1. The molecule has 1 aromatic heterocycles. The predicted molar refractivity (Wildman–Crippen MR) is 92.7 cm³/mol. The van der Waals surface area contributed by atoms with Crippen LogP contribution < -0.4 is 9.64 Å². The van der Waals surface area contributed by atoms with Crippen molar-refractivity contribution in [2.24, 2.45) is 0 Å². The van der Waals surface area contributed by atoms with Gasteiger partial charge in [0.05, 0.1) is 12.6 Å². The maximum atomic E-state index is 12.1. The zero-order valence-corrected chi connectivity index (χ0v) is 14.6. The molecule has 130 valence electrons. The number of fused-ring (bicyclic) bond motifs is 1. The Morgan fingerprint density at radius 1 is 1.21 bits per heavy atom. The van der Waals surface area contributed by atoms with Gasteiger partial charge in [0.2, 0.25) is 0 Å². The first-order valence-electron chi connectivity index (χ1n) is 8.12. The lowest BCUT2D eigenvalue weighted by atomic mass is 10.2. The highest BCUT2D eigenvalue weighted by Gasteiger charge is 2.27. The number of aromatic nitrogens is 2. The summed E-state index contributed by atoms with van der Waals surface area (Å²) in [6.07, 6.45) is -0.254. The second-order valence-electron chi connectivity index (χ2n) is 6.91. The highest BCUT2D eigenvalue weighted by Crippen LogP contribution is 2.28. The topological polar surface area (TPSA) is 70.7 Å². The summed E-state index contributed by atoms with van der Waals surface area (Å²) < 4.78 is 10.7. The molecule has 0 bridgehead atoms. The van der Waals surface area contributed by atoms with E-state index in [0.717, 1.165) is 35.6 Å². The number of ether oxygens (including phenoxy) is 2. The molecule has 0 unspecified atom stereocenters. The average Bonchev–Trinajstić information content (AvgIpc) is 2.96. The van der Waals surface area contributed by atoms with Crippen molar-refractivity contribution >= 4 is 22.8 Å². The molecule has 3 rings (SSSR count). The monoisotopic (exact) mass is 332 g/mol. The van der Waals surface area contributed by atoms with E-state index in [1.807, 2.05) is 39.0 Å². The first kappa shape index (κ1) is 16.4. The molecule has 0 spiro atoms. The van der Waals surface area contributed by atoms with Crippen molar-refractivity contribution in [1.29, 1.82) is 0 Å². The number of methoxy groups -OCH3 is 1. The van der Waals surface area contributed by atoms with Gasteiger partial charge in [0.15, 0.2) is 5.82 Å². The summed E-state index contributed by atoms with van der Waals surface area (Å²) in [5.41, 5.74) is 0.503. The van der Waals surface area contributed by atoms with Gasteiger partial charge in [0.25, 0.3) is 0 Å². The number of nitrogens with zero attached hydrogens (tertiary/aromatic N) is 3. The molecule has 2 aromatic rings. The molecule has 1 N–H and O–H groups in total. The molecule has 7 heteroatoms. The first-order valence-corrected chi connectivity index (χ1v) is 8.12. The molecule has 1 aliphatic rings. The standard InChI is InChI=1S/C17H24N4O3/c1-17(2,3)24-16(22)21-9-7-20(8-10-21)15-13-11-12(23-4)5-6-14(13)18-19-15/h5-6,11H,7-10H2,1-4H3,(H,18,19). The maximum absolute atomic E-state index is 12.1. The Labute approximate surface area is 141 Å². The zero-order valence-electron chi connectivity index (χ0n) is 14.6. The number of hydrogen-bond acceptors (Lipinski definition) is 5. The van der Waals surface area contributed by atoms with E-state index < -0.39 is 5.60 Å². The third-order valence-electron chi connectivity index (χ3n) is 3.98. The third-order valence-corrected chi connectivity index (χ3v) is 3.98. The van der Waals surface area contributed by atoms with Crippen LogP contribution in [0.5, 0.6) is 5.75 Å². The second kappa shape index (κ2) is 6.22. The highest BCUT2D eigenvalue weighted by atomic mass is 16.6. The number of amides is 1. The van der Waals surface area contributed by atoms with Crippen LogP contribution in [0.15, 0.2) is 18.2 Å². The predicted octanol–water partition coefficient (Wildman–Crippen LogP) is 2.63. The maximum Gasteiger partial charge on any atom is 0.410 e. The molecule has 1 saturated heterocycles. The molecule has 0 aliphatic carbocycles. The SMILES string of the molecule is COc1ccc2[nH]nc(N3CCN(C(=O)OC(C)(C)C)CC3)c2c1. The van der Waals surface area contributed by atoms with Gasteiger partial charge in [-0.2, -0.15) is 5.10 Å². The number of anilines is 1. The summed E-state index contributed by atoms with van der Waals surface area (Å²) >= 11 is 0. The third kappa shape index (κ3) is 3.39. The molecule has 0 radical (unpaired) electrons. The lowest BCUT2D eigenvalue weighted by molar-refractivity contribution is 0.0240. The van der Waals surface area contributed by atoms with Crippen molar-refractivity contribution in [1.82, 2.24) is 15.1 Å². The number of nitrogens with one attached hydrogen (secondary N) is 1. The highest BCUT2D eigenvalue weighted by molar-refractivity contribution is 5.91. The Bertz CT molecular complexity index is 727. The second-order valence-corrected chi connectivity index (χ2v) is 6.91. The minimum atomic E-state index is -0.469. The first-order chi connectivity index (χ1) is 11.4. The van der Waals surface area contributed by atoms with Crippen molar-refractivity contribution in [3.8, 4) is 5.75 Å². The summed E-state index contributed by atoms with van der Waals surface area (Å²) in [5.74, 6) is 1.70. The molecule has 7 nitrogen and oxygen atoms in total. The van der Waals surface area contributed by atoms with Gasteiger partial charge < -0.3 is 19.3 Å². The van der Waals surface area contributed by atoms with Crippen LogP contribution >= 0.6 is 0 Å². The van der Waals surface area contributed by atoms with Crippen molar-refractivity contribution in [3.63, 3.8) is 0 Å². The Morgan fingerprint density at radius 2 is 1.92 bits per heavy atom. The van der Waals surface area contributed by atoms with Gasteiger partial charge in [0.1, 0.15) is 11.4 Å². The van der Waals surface area contributed by atoms with Gasteiger partial charge in [0, 0.05) is 31.6 Å². The number of rotatable bonds is 2. The van der Waals surface area contributed by atoms with Gasteiger partial charge in [-0.3, -0.25) is 5.10 Å². The summed E-state index contributed by atoms with van der Waals surface area (Å²) in [6.45, 7) is 8.31. The van der Waals surface area contributed by atoms with Crippen LogP contribution in [0.2, 0.25) is 0 Å². The number of hydrogen-bond donors (Lipinski definition) is 1. The van der Waals surface area contributed by atoms with Gasteiger partial charge in [-0.25, -0.2) is 4.79 Å². The summed E-state index contributed by atoms with van der Waals surface area (Å²) in [5, 5.41) is 8.51. The van der Waals surface area contributed by atoms with Gasteiger partial charge >= 0.3 is 6.09 Å². The molecule has 2 heterocycles. The Kier molecular flexibility index (Phi) is 4.26. The van der Waals surface area contributed by atoms with Gasteiger partial charge in [-0.1, -0.05) is 0 Å². The van der Waals surface area contributed by atoms with Crippen LogP contribution in [0.1, 0.15) is 20.8 Å². The lowest BCUT2D eigenvalue weighted by Crippen LogP contribution is -2.50. The number of piperazine rings is 1. The fourth-order valence-corrected chi connectivity index (χ4v) is 2.77.